The van der Waals surface area contributed by atoms with Gasteiger partial charge in [0.05, 0.1) is 18.7 Å². The van der Waals surface area contributed by atoms with Gasteiger partial charge in [-0.25, -0.2) is 9.59 Å². The Kier molecular flexibility index (Phi) is 12.0. The number of carbonyl (C=O) groups is 3. The van der Waals surface area contributed by atoms with Crippen LogP contribution < -0.4 is 26.0 Å². The Labute approximate surface area is 204 Å². The minimum absolute atomic E-state index is 0.0566. The van der Waals surface area contributed by atoms with Crippen molar-refractivity contribution in [2.45, 2.75) is 45.1 Å². The fourth-order valence-electron chi connectivity index (χ4n) is 3.15. The fourth-order valence-corrected chi connectivity index (χ4v) is 3.15. The lowest BCUT2D eigenvalue weighted by molar-refractivity contribution is -0.139. The molecule has 0 unspecified atom stereocenters. The van der Waals surface area contributed by atoms with Crippen LogP contribution in [0, 0.1) is 0 Å². The summed E-state index contributed by atoms with van der Waals surface area (Å²) in [4.78, 5) is 40.0. The number of nitrogens with one attached hydrogen (secondary N) is 4. The molecule has 0 fully saturated rings. The SMILES string of the molecule is CCCCCCOC(=O)N[C@@H](CNC(=O)c1ccc(OCCNC2=NCCCN2)cc1O)C(=O)O. The van der Waals surface area contributed by atoms with E-state index in [1.54, 1.807) is 0 Å². The third-order valence-electron chi connectivity index (χ3n) is 5.06. The smallest absolute Gasteiger partial charge is 0.407 e. The van der Waals surface area contributed by atoms with E-state index in [-0.39, 0.29) is 24.5 Å². The van der Waals surface area contributed by atoms with Gasteiger partial charge < -0.3 is 41.0 Å². The van der Waals surface area contributed by atoms with Crippen molar-refractivity contribution in [1.29, 1.82) is 0 Å². The van der Waals surface area contributed by atoms with E-state index in [4.69, 9.17) is 9.47 Å². The number of carboxylic acid groups (broad SMARTS) is 1. The summed E-state index contributed by atoms with van der Waals surface area (Å²) in [7, 11) is 0. The quantitative estimate of drug-likeness (QED) is 0.208. The van der Waals surface area contributed by atoms with E-state index >= 15 is 0 Å². The van der Waals surface area contributed by atoms with Gasteiger partial charge in [0.1, 0.15) is 24.1 Å². The molecule has 0 saturated heterocycles. The van der Waals surface area contributed by atoms with Crippen LogP contribution in [0.25, 0.3) is 0 Å². The number of ether oxygens (including phenoxy) is 2. The minimum Gasteiger partial charge on any atom is -0.507 e. The number of amides is 2. The van der Waals surface area contributed by atoms with Crippen molar-refractivity contribution < 1.29 is 34.1 Å². The summed E-state index contributed by atoms with van der Waals surface area (Å²) < 4.78 is 10.5. The third kappa shape index (κ3) is 10.4. The van der Waals surface area contributed by atoms with Gasteiger partial charge in [0, 0.05) is 25.7 Å². The fraction of sp³-hybridized carbons (Fsp3) is 0.565. The first-order valence-electron chi connectivity index (χ1n) is 11.8. The van der Waals surface area contributed by atoms with Crippen molar-refractivity contribution in [3.05, 3.63) is 23.8 Å². The van der Waals surface area contributed by atoms with Crippen molar-refractivity contribution in [1.82, 2.24) is 21.3 Å². The molecule has 2 amide bonds. The Balaban J connectivity index is 1.76. The number of hydrogen-bond acceptors (Lipinski definition) is 9. The second-order valence-corrected chi connectivity index (χ2v) is 7.91. The molecule has 194 valence electrons. The summed E-state index contributed by atoms with van der Waals surface area (Å²) >= 11 is 0. The summed E-state index contributed by atoms with van der Waals surface area (Å²) in [5.74, 6) is -1.25. The summed E-state index contributed by atoms with van der Waals surface area (Å²) in [6.45, 7) is 4.32. The number of aliphatic imine (C=N–C) groups is 1. The maximum absolute atomic E-state index is 12.4. The molecule has 1 aromatic carbocycles. The molecule has 6 N–H and O–H groups in total. The van der Waals surface area contributed by atoms with Gasteiger partial charge in [-0.05, 0) is 25.0 Å². The van der Waals surface area contributed by atoms with Gasteiger partial charge in [0.15, 0.2) is 5.96 Å². The number of guanidine groups is 1. The molecular weight excluding hydrogens is 458 g/mol. The van der Waals surface area contributed by atoms with E-state index in [2.05, 4.69) is 33.2 Å². The number of aliphatic carboxylic acids is 1. The predicted octanol–water partition coefficient (Wildman–Crippen LogP) is 1.20. The van der Waals surface area contributed by atoms with Crippen LogP contribution in [0.15, 0.2) is 23.2 Å². The Morgan fingerprint density at radius 3 is 2.71 bits per heavy atom. The Morgan fingerprint density at radius 1 is 1.20 bits per heavy atom. The molecule has 0 bridgehead atoms. The van der Waals surface area contributed by atoms with Crippen molar-refractivity contribution in [3.63, 3.8) is 0 Å². The monoisotopic (exact) mass is 493 g/mol. The first kappa shape index (κ1) is 27.5. The zero-order chi connectivity index (χ0) is 25.5. The number of phenolic OH excluding ortho intramolecular Hbond substituents is 1. The van der Waals surface area contributed by atoms with Crippen LogP contribution in [-0.2, 0) is 9.53 Å². The predicted molar refractivity (Wildman–Crippen MR) is 129 cm³/mol. The molecule has 1 heterocycles. The molecule has 1 aromatic rings. The number of carbonyl (C=O) groups excluding carboxylic acids is 2. The molecule has 35 heavy (non-hydrogen) atoms. The number of carboxylic acids is 1. The van der Waals surface area contributed by atoms with Crippen LogP contribution in [0.5, 0.6) is 11.5 Å². The number of nitrogens with zero attached hydrogens (tertiary/aromatic N) is 1. The Bertz CT molecular complexity index is 878. The largest absolute Gasteiger partial charge is 0.507 e. The Morgan fingerprint density at radius 2 is 2.03 bits per heavy atom. The lowest BCUT2D eigenvalue weighted by Crippen LogP contribution is -2.48. The summed E-state index contributed by atoms with van der Waals surface area (Å²) in [6, 6.07) is 2.80. The summed E-state index contributed by atoms with van der Waals surface area (Å²) in [5, 5.41) is 30.4. The van der Waals surface area contributed by atoms with E-state index < -0.39 is 24.0 Å². The topological polar surface area (TPSA) is 171 Å². The average Bonchev–Trinajstić information content (AvgIpc) is 2.84. The highest BCUT2D eigenvalue weighted by Gasteiger charge is 2.22. The molecule has 1 aliphatic heterocycles. The van der Waals surface area contributed by atoms with Gasteiger partial charge in [-0.15, -0.1) is 0 Å². The van der Waals surface area contributed by atoms with E-state index in [9.17, 15) is 24.6 Å². The van der Waals surface area contributed by atoms with E-state index in [0.29, 0.717) is 25.3 Å². The van der Waals surface area contributed by atoms with Crippen LogP contribution in [0.1, 0.15) is 49.4 Å². The van der Waals surface area contributed by atoms with Crippen molar-refractivity contribution in [2.75, 3.05) is 39.4 Å². The van der Waals surface area contributed by atoms with E-state index in [0.717, 1.165) is 44.7 Å². The highest BCUT2D eigenvalue weighted by atomic mass is 16.5. The maximum atomic E-state index is 12.4. The lowest BCUT2D eigenvalue weighted by Gasteiger charge is -2.16. The molecule has 0 spiro atoms. The molecule has 0 aromatic heterocycles. The maximum Gasteiger partial charge on any atom is 0.407 e. The van der Waals surface area contributed by atoms with Crippen LogP contribution in [0.4, 0.5) is 4.79 Å². The van der Waals surface area contributed by atoms with Gasteiger partial charge in [0.2, 0.25) is 0 Å². The first-order chi connectivity index (χ1) is 16.9. The number of hydrogen-bond donors (Lipinski definition) is 6. The highest BCUT2D eigenvalue weighted by molar-refractivity contribution is 5.97. The molecule has 2 rings (SSSR count). The van der Waals surface area contributed by atoms with Crippen molar-refractivity contribution in [2.24, 2.45) is 4.99 Å². The van der Waals surface area contributed by atoms with Crippen molar-refractivity contribution >= 4 is 23.9 Å². The first-order valence-corrected chi connectivity index (χ1v) is 11.8. The van der Waals surface area contributed by atoms with E-state index in [1.807, 2.05) is 0 Å². The standard InChI is InChI=1S/C23H35N5O7/c1-2-3-4-5-12-35-23(33)28-18(21(31)32)15-27-20(30)17-8-7-16(14-19(17)29)34-13-11-26-22-24-9-6-10-25-22/h7-8,14,18,29H,2-6,9-13,15H2,1H3,(H,27,30)(H,28,33)(H,31,32)(H2,24,25,26)/t18-/m0/s1. The molecule has 1 aliphatic rings. The molecule has 0 radical (unpaired) electrons. The van der Waals surface area contributed by atoms with E-state index in [1.165, 1.54) is 18.2 Å². The summed E-state index contributed by atoms with van der Waals surface area (Å²) in [5.41, 5.74) is -0.0566. The van der Waals surface area contributed by atoms with Crippen LogP contribution in [-0.4, -0.2) is 79.6 Å². The number of unbranched alkanes of at least 4 members (excludes halogenated alkanes) is 3. The zero-order valence-electron chi connectivity index (χ0n) is 20.0. The second-order valence-electron chi connectivity index (χ2n) is 7.91. The number of rotatable bonds is 14. The second kappa shape index (κ2) is 15.3. The number of benzene rings is 1. The van der Waals surface area contributed by atoms with Gasteiger partial charge in [-0.2, -0.15) is 0 Å². The lowest BCUT2D eigenvalue weighted by atomic mass is 10.1. The molecular formula is C23H35N5O7. The minimum atomic E-state index is -1.39. The third-order valence-corrected chi connectivity index (χ3v) is 5.06. The molecule has 1 atom stereocenters. The van der Waals surface area contributed by atoms with Gasteiger partial charge in [0.25, 0.3) is 5.91 Å². The number of alkyl carbamates (subject to hydrolysis) is 1. The Hall–Kier alpha value is -3.70. The van der Waals surface area contributed by atoms with Gasteiger partial charge in [-0.1, -0.05) is 26.2 Å². The van der Waals surface area contributed by atoms with Gasteiger partial charge in [-0.3, -0.25) is 9.79 Å². The molecule has 12 heteroatoms. The molecule has 0 aliphatic carbocycles. The average molecular weight is 494 g/mol. The van der Waals surface area contributed by atoms with Gasteiger partial charge >= 0.3 is 12.1 Å². The van der Waals surface area contributed by atoms with Crippen LogP contribution in [0.2, 0.25) is 0 Å². The molecule has 0 saturated carbocycles. The molecule has 12 nitrogen and oxygen atoms in total. The number of aromatic hydroxyl groups is 1. The van der Waals surface area contributed by atoms with Crippen molar-refractivity contribution in [3.8, 4) is 11.5 Å². The zero-order valence-corrected chi connectivity index (χ0v) is 20.0. The number of phenols is 1. The normalized spacial score (nSPS) is 13.6. The summed E-state index contributed by atoms with van der Waals surface area (Å²) in [6.07, 6.45) is 3.81. The highest BCUT2D eigenvalue weighted by Crippen LogP contribution is 2.23. The van der Waals surface area contributed by atoms with Crippen LogP contribution in [0.3, 0.4) is 0 Å². The van der Waals surface area contributed by atoms with Crippen LogP contribution >= 0.6 is 0 Å².